The van der Waals surface area contributed by atoms with Crippen molar-refractivity contribution in [2.45, 2.75) is 19.9 Å². The third kappa shape index (κ3) is 4.51. The number of nitrogens with one attached hydrogen (secondary N) is 1. The van der Waals surface area contributed by atoms with Gasteiger partial charge in [0.15, 0.2) is 0 Å². The van der Waals surface area contributed by atoms with Gasteiger partial charge in [0.05, 0.1) is 24.3 Å². The number of hydrogen-bond donors (Lipinski definition) is 1. The van der Waals surface area contributed by atoms with E-state index in [0.29, 0.717) is 48.5 Å². The van der Waals surface area contributed by atoms with Crippen molar-refractivity contribution < 1.29 is 14.3 Å². The molecule has 0 unspecified atom stereocenters. The van der Waals surface area contributed by atoms with Crippen LogP contribution in [0.1, 0.15) is 22.8 Å². The fourth-order valence-electron chi connectivity index (χ4n) is 3.78. The van der Waals surface area contributed by atoms with E-state index in [1.54, 1.807) is 23.1 Å². The third-order valence-corrected chi connectivity index (χ3v) is 5.50. The first-order chi connectivity index (χ1) is 15.1. The van der Waals surface area contributed by atoms with Gasteiger partial charge < -0.3 is 15.0 Å². The maximum atomic E-state index is 13.0. The Labute approximate surface area is 180 Å². The Morgan fingerprint density at radius 3 is 2.45 bits per heavy atom. The molecule has 4 rings (SSSR count). The summed E-state index contributed by atoms with van der Waals surface area (Å²) < 4.78 is 6.72. The Morgan fingerprint density at radius 2 is 1.74 bits per heavy atom. The van der Waals surface area contributed by atoms with Gasteiger partial charge in [-0.2, -0.15) is 0 Å². The quantitative estimate of drug-likeness (QED) is 0.690. The molecular formula is C24H25N3O4. The maximum absolute atomic E-state index is 13.0. The lowest BCUT2D eigenvalue weighted by Crippen LogP contribution is -2.41. The second-order valence-corrected chi connectivity index (χ2v) is 7.50. The number of para-hydroxylation sites is 1. The zero-order valence-corrected chi connectivity index (χ0v) is 17.5. The summed E-state index contributed by atoms with van der Waals surface area (Å²) >= 11 is 0. The van der Waals surface area contributed by atoms with Gasteiger partial charge in [0.25, 0.3) is 11.5 Å². The van der Waals surface area contributed by atoms with Gasteiger partial charge in [-0.25, -0.2) is 0 Å². The van der Waals surface area contributed by atoms with Crippen LogP contribution in [0.4, 0.5) is 5.69 Å². The van der Waals surface area contributed by atoms with Crippen molar-refractivity contribution in [2.24, 2.45) is 0 Å². The predicted molar refractivity (Wildman–Crippen MR) is 119 cm³/mol. The molecule has 1 N–H and O–H groups in total. The lowest BCUT2D eigenvalue weighted by atomic mass is 10.1. The third-order valence-electron chi connectivity index (χ3n) is 5.50. The summed E-state index contributed by atoms with van der Waals surface area (Å²) in [7, 11) is 0. The molecule has 0 atom stereocenters. The summed E-state index contributed by atoms with van der Waals surface area (Å²) in [6.07, 6.45) is 0.922. The highest BCUT2D eigenvalue weighted by atomic mass is 16.5. The van der Waals surface area contributed by atoms with Crippen LogP contribution in [0.5, 0.6) is 0 Å². The van der Waals surface area contributed by atoms with Gasteiger partial charge in [-0.15, -0.1) is 0 Å². The van der Waals surface area contributed by atoms with E-state index in [9.17, 15) is 14.4 Å². The predicted octanol–water partition coefficient (Wildman–Crippen LogP) is 2.68. The molecule has 7 nitrogen and oxygen atoms in total. The molecule has 0 saturated carbocycles. The second kappa shape index (κ2) is 9.14. The number of amides is 2. The average molecular weight is 419 g/mol. The second-order valence-electron chi connectivity index (χ2n) is 7.50. The van der Waals surface area contributed by atoms with E-state index >= 15 is 0 Å². The topological polar surface area (TPSA) is 80.6 Å². The molecule has 0 spiro atoms. The molecule has 1 aliphatic heterocycles. The number of ether oxygens (including phenoxy) is 1. The molecule has 3 aromatic rings. The Hall–Kier alpha value is -3.45. The van der Waals surface area contributed by atoms with Crippen LogP contribution in [0.2, 0.25) is 0 Å². The first kappa shape index (κ1) is 20.8. The van der Waals surface area contributed by atoms with Crippen LogP contribution < -0.4 is 10.9 Å². The number of carbonyl (C=O) groups is 2. The molecule has 0 radical (unpaired) electrons. The number of aryl methyl sites for hydroxylation is 1. The van der Waals surface area contributed by atoms with Crippen molar-refractivity contribution >= 4 is 28.4 Å². The Bertz CT molecular complexity index is 1160. The normalized spacial score (nSPS) is 13.9. The van der Waals surface area contributed by atoms with Crippen LogP contribution in [0, 0.1) is 0 Å². The van der Waals surface area contributed by atoms with E-state index in [0.717, 1.165) is 6.42 Å². The van der Waals surface area contributed by atoms with Crippen molar-refractivity contribution in [1.82, 2.24) is 9.47 Å². The number of benzene rings is 2. The molecule has 1 aromatic heterocycles. The van der Waals surface area contributed by atoms with Gasteiger partial charge in [-0.3, -0.25) is 19.0 Å². The highest BCUT2D eigenvalue weighted by Crippen LogP contribution is 2.19. The summed E-state index contributed by atoms with van der Waals surface area (Å²) in [6.45, 7) is 3.89. The molecule has 1 saturated heterocycles. The Morgan fingerprint density at radius 1 is 1.03 bits per heavy atom. The first-order valence-corrected chi connectivity index (χ1v) is 10.4. The zero-order chi connectivity index (χ0) is 21.8. The van der Waals surface area contributed by atoms with Crippen LogP contribution in [0.15, 0.2) is 59.4 Å². The number of anilines is 1. The van der Waals surface area contributed by atoms with E-state index < -0.39 is 0 Å². The molecule has 1 aliphatic rings. The minimum Gasteiger partial charge on any atom is -0.378 e. The van der Waals surface area contributed by atoms with E-state index in [1.807, 2.05) is 30.3 Å². The lowest BCUT2D eigenvalue weighted by Gasteiger charge is -2.27. The number of carbonyl (C=O) groups excluding carboxylic acids is 2. The van der Waals surface area contributed by atoms with Crippen molar-refractivity contribution in [1.29, 1.82) is 0 Å². The molecule has 2 aromatic carbocycles. The largest absolute Gasteiger partial charge is 0.378 e. The van der Waals surface area contributed by atoms with Crippen LogP contribution >= 0.6 is 0 Å². The van der Waals surface area contributed by atoms with Gasteiger partial charge in [0.2, 0.25) is 5.91 Å². The van der Waals surface area contributed by atoms with Gasteiger partial charge in [-0.1, -0.05) is 37.3 Å². The number of fused-ring (bicyclic) bond motifs is 1. The highest BCUT2D eigenvalue weighted by molar-refractivity contribution is 6.06. The molecule has 2 amide bonds. The summed E-state index contributed by atoms with van der Waals surface area (Å²) in [5.41, 5.74) is 2.39. The molecule has 7 heteroatoms. The lowest BCUT2D eigenvalue weighted by molar-refractivity contribution is -0.116. The van der Waals surface area contributed by atoms with Gasteiger partial charge >= 0.3 is 0 Å². The number of nitrogens with zero attached hydrogens (tertiary/aromatic N) is 2. The standard InChI is InChI=1S/C24H25N3O4/c1-2-17-7-9-18(10-8-17)25-22(28)16-27-21-6-4-3-5-19(21)20(15-23(27)29)24(30)26-11-13-31-14-12-26/h3-10,15H,2,11-14,16H2,1H3,(H,25,28). The molecule has 0 aliphatic carbocycles. The molecule has 160 valence electrons. The Balaban J connectivity index is 1.62. The maximum Gasteiger partial charge on any atom is 0.254 e. The van der Waals surface area contributed by atoms with Crippen molar-refractivity contribution in [2.75, 3.05) is 31.6 Å². The number of aromatic nitrogens is 1. The highest BCUT2D eigenvalue weighted by Gasteiger charge is 2.22. The summed E-state index contributed by atoms with van der Waals surface area (Å²) in [6, 6.07) is 16.1. The summed E-state index contributed by atoms with van der Waals surface area (Å²) in [4.78, 5) is 40.3. The number of pyridine rings is 1. The van der Waals surface area contributed by atoms with Gasteiger partial charge in [0.1, 0.15) is 6.54 Å². The molecule has 1 fully saturated rings. The smallest absolute Gasteiger partial charge is 0.254 e. The Kier molecular flexibility index (Phi) is 6.13. The van der Waals surface area contributed by atoms with Gasteiger partial charge in [0, 0.05) is 30.2 Å². The monoisotopic (exact) mass is 419 g/mol. The van der Waals surface area contributed by atoms with E-state index in [-0.39, 0.29) is 23.9 Å². The fraction of sp³-hybridized carbons (Fsp3) is 0.292. The van der Waals surface area contributed by atoms with Gasteiger partial charge in [-0.05, 0) is 30.2 Å². The van der Waals surface area contributed by atoms with Crippen LogP contribution in [-0.4, -0.2) is 47.6 Å². The molecule has 2 heterocycles. The van der Waals surface area contributed by atoms with Crippen molar-refractivity contribution in [3.63, 3.8) is 0 Å². The van der Waals surface area contributed by atoms with E-state index in [1.165, 1.54) is 16.2 Å². The zero-order valence-electron chi connectivity index (χ0n) is 17.5. The van der Waals surface area contributed by atoms with E-state index in [4.69, 9.17) is 4.74 Å². The van der Waals surface area contributed by atoms with Crippen LogP contribution in [0.3, 0.4) is 0 Å². The van der Waals surface area contributed by atoms with Crippen LogP contribution in [-0.2, 0) is 22.5 Å². The summed E-state index contributed by atoms with van der Waals surface area (Å²) in [5.74, 6) is -0.493. The SMILES string of the molecule is CCc1ccc(NC(=O)Cn2c(=O)cc(C(=O)N3CCOCC3)c3ccccc32)cc1. The minimum absolute atomic E-state index is 0.138. The molecular weight excluding hydrogens is 394 g/mol. The number of morpholine rings is 1. The van der Waals surface area contributed by atoms with Crippen molar-refractivity contribution in [3.8, 4) is 0 Å². The van der Waals surface area contributed by atoms with E-state index in [2.05, 4.69) is 12.2 Å². The average Bonchev–Trinajstić information content (AvgIpc) is 2.81. The van der Waals surface area contributed by atoms with Crippen molar-refractivity contribution in [3.05, 3.63) is 76.1 Å². The number of hydrogen-bond acceptors (Lipinski definition) is 4. The molecule has 31 heavy (non-hydrogen) atoms. The molecule has 0 bridgehead atoms. The van der Waals surface area contributed by atoms with Crippen LogP contribution in [0.25, 0.3) is 10.9 Å². The fourth-order valence-corrected chi connectivity index (χ4v) is 3.78. The first-order valence-electron chi connectivity index (χ1n) is 10.4. The summed E-state index contributed by atoms with van der Waals surface area (Å²) in [5, 5.41) is 3.49. The minimum atomic E-state index is -0.383. The number of rotatable bonds is 5.